The van der Waals surface area contributed by atoms with E-state index in [1.165, 1.54) is 27.4 Å². The van der Waals surface area contributed by atoms with Gasteiger partial charge in [-0.1, -0.05) is 43.5 Å². The number of benzene rings is 2. The molecule has 1 aliphatic rings. The number of rotatable bonds is 12. The number of Topliss-reactive ketones (excluding diaryl/α,β-unsaturated/α-hetero) is 1. The van der Waals surface area contributed by atoms with Gasteiger partial charge in [-0.05, 0) is 29.3 Å². The molecule has 0 atom stereocenters. The van der Waals surface area contributed by atoms with Crippen molar-refractivity contribution in [3.63, 3.8) is 0 Å². The summed E-state index contributed by atoms with van der Waals surface area (Å²) < 4.78 is 33.5. The molecule has 0 N–H and O–H groups in total. The van der Waals surface area contributed by atoms with Crippen LogP contribution in [0.1, 0.15) is 16.7 Å². The number of ether oxygens (including phenoxy) is 6. The molecule has 0 bridgehead atoms. The topological polar surface area (TPSA) is 72.5 Å². The van der Waals surface area contributed by atoms with Gasteiger partial charge in [0.05, 0.1) is 7.11 Å². The van der Waals surface area contributed by atoms with Crippen LogP contribution in [0.3, 0.4) is 0 Å². The minimum absolute atomic E-state index is 0.0376. The fraction of sp³-hybridized carbons (Fsp3) is 0.269. The molecule has 2 aromatic rings. The molecule has 0 amide bonds. The Morgan fingerprint density at radius 2 is 1.61 bits per heavy atom. The number of carbonyl (C=O) groups excluding carboxylic acids is 1. The molecule has 0 saturated heterocycles. The molecule has 33 heavy (non-hydrogen) atoms. The Morgan fingerprint density at radius 1 is 0.909 bits per heavy atom. The summed E-state index contributed by atoms with van der Waals surface area (Å²) in [4.78, 5) is 12.8. The quantitative estimate of drug-likeness (QED) is 0.442. The first kappa shape index (κ1) is 24.3. The van der Waals surface area contributed by atoms with Crippen molar-refractivity contribution in [1.29, 1.82) is 0 Å². The second kappa shape index (κ2) is 10.5. The van der Waals surface area contributed by atoms with Crippen LogP contribution in [-0.2, 0) is 25.6 Å². The van der Waals surface area contributed by atoms with Gasteiger partial charge < -0.3 is 28.4 Å². The maximum absolute atomic E-state index is 12.8. The van der Waals surface area contributed by atoms with Crippen LogP contribution in [0, 0.1) is 0 Å². The van der Waals surface area contributed by atoms with Crippen LogP contribution in [0.25, 0.3) is 11.6 Å². The molecular weight excluding hydrogens is 424 g/mol. The minimum atomic E-state index is -1.58. The number of methoxy groups -OCH3 is 4. The molecule has 1 aliphatic carbocycles. The third-order valence-electron chi connectivity index (χ3n) is 5.42. The average molecular weight is 453 g/mol. The molecule has 0 radical (unpaired) electrons. The van der Waals surface area contributed by atoms with Crippen molar-refractivity contribution >= 4 is 17.4 Å². The number of allylic oxidation sites excluding steroid dienone is 1. The molecule has 174 valence electrons. The first-order chi connectivity index (χ1) is 16.0. The Kier molecular flexibility index (Phi) is 7.71. The number of carbonyl (C=O) groups is 1. The maximum Gasteiger partial charge on any atom is 0.262 e. The fourth-order valence-electron chi connectivity index (χ4n) is 3.75. The highest BCUT2D eigenvalue weighted by Gasteiger charge is 2.56. The normalized spacial score (nSPS) is 14.5. The van der Waals surface area contributed by atoms with Crippen LogP contribution in [0.4, 0.5) is 0 Å². The second-order valence-electron chi connectivity index (χ2n) is 7.10. The number of hydrogen-bond acceptors (Lipinski definition) is 7. The van der Waals surface area contributed by atoms with E-state index in [1.807, 2.05) is 30.3 Å². The molecule has 0 aromatic heterocycles. The summed E-state index contributed by atoms with van der Waals surface area (Å²) in [5, 5.41) is 0. The largest absolute Gasteiger partial charge is 0.497 e. The van der Waals surface area contributed by atoms with Crippen LogP contribution >= 0.6 is 0 Å². The third kappa shape index (κ3) is 4.30. The predicted octanol–water partition coefficient (Wildman–Crippen LogP) is 4.41. The van der Waals surface area contributed by atoms with Crippen LogP contribution in [0.5, 0.6) is 17.2 Å². The van der Waals surface area contributed by atoms with Crippen LogP contribution < -0.4 is 14.2 Å². The van der Waals surface area contributed by atoms with Gasteiger partial charge in [0, 0.05) is 38.0 Å². The standard InChI is InChI=1S/C26H28O7/c1-7-18-11-14-21(32-15-17-9-12-19(29-4)13-10-17)24(33-16-28-3)22(18)23-20(8-2)25(27)26(23,30-5)31-6/h7-14H,1-2,15-16H2,3-6H3. The van der Waals surface area contributed by atoms with E-state index in [-0.39, 0.29) is 19.2 Å². The van der Waals surface area contributed by atoms with E-state index >= 15 is 0 Å². The summed E-state index contributed by atoms with van der Waals surface area (Å²) in [7, 11) is 5.96. The summed E-state index contributed by atoms with van der Waals surface area (Å²) in [5.74, 6) is -0.312. The van der Waals surface area contributed by atoms with Gasteiger partial charge in [-0.25, -0.2) is 0 Å². The molecule has 3 rings (SSSR count). The van der Waals surface area contributed by atoms with Gasteiger partial charge in [0.2, 0.25) is 5.78 Å². The Balaban J connectivity index is 2.12. The van der Waals surface area contributed by atoms with E-state index in [0.717, 1.165) is 11.3 Å². The summed E-state index contributed by atoms with van der Waals surface area (Å²) in [6.07, 6.45) is 3.14. The van der Waals surface area contributed by atoms with Crippen molar-refractivity contribution in [3.8, 4) is 17.2 Å². The molecule has 2 aromatic carbocycles. The molecule has 7 nitrogen and oxygen atoms in total. The molecule has 0 heterocycles. The molecular formula is C26H28O7. The molecule has 0 aliphatic heterocycles. The summed E-state index contributed by atoms with van der Waals surface area (Å²) in [6, 6.07) is 11.2. The average Bonchev–Trinajstić information content (AvgIpc) is 2.86. The molecule has 0 fully saturated rings. The summed E-state index contributed by atoms with van der Waals surface area (Å²) in [5.41, 5.74) is 3.07. The Hall–Kier alpha value is -3.39. The highest BCUT2D eigenvalue weighted by molar-refractivity contribution is 6.26. The number of ketones is 1. The highest BCUT2D eigenvalue weighted by atomic mass is 16.7. The third-order valence-corrected chi connectivity index (χ3v) is 5.42. The zero-order valence-corrected chi connectivity index (χ0v) is 19.3. The van der Waals surface area contributed by atoms with Gasteiger partial charge in [0.1, 0.15) is 12.4 Å². The lowest BCUT2D eigenvalue weighted by Crippen LogP contribution is -2.52. The van der Waals surface area contributed by atoms with Gasteiger partial charge in [-0.2, -0.15) is 0 Å². The van der Waals surface area contributed by atoms with Crippen molar-refractivity contribution < 1.29 is 33.2 Å². The maximum atomic E-state index is 12.8. The van der Waals surface area contributed by atoms with Gasteiger partial charge in [0.25, 0.3) is 5.79 Å². The molecule has 7 heteroatoms. The summed E-state index contributed by atoms with van der Waals surface area (Å²) >= 11 is 0. The molecule has 0 spiro atoms. The van der Waals surface area contributed by atoms with E-state index in [2.05, 4.69) is 13.2 Å². The van der Waals surface area contributed by atoms with Gasteiger partial charge in [-0.15, -0.1) is 0 Å². The Bertz CT molecular complexity index is 1060. The Morgan fingerprint density at radius 3 is 2.15 bits per heavy atom. The highest BCUT2D eigenvalue weighted by Crippen LogP contribution is 2.51. The Labute approximate surface area is 193 Å². The van der Waals surface area contributed by atoms with Crippen LogP contribution in [0.15, 0.2) is 61.2 Å². The van der Waals surface area contributed by atoms with E-state index in [4.69, 9.17) is 28.4 Å². The minimum Gasteiger partial charge on any atom is -0.497 e. The lowest BCUT2D eigenvalue weighted by Gasteiger charge is -2.41. The number of hydrogen-bond donors (Lipinski definition) is 0. The monoisotopic (exact) mass is 452 g/mol. The smallest absolute Gasteiger partial charge is 0.262 e. The lowest BCUT2D eigenvalue weighted by atomic mass is 9.74. The van der Waals surface area contributed by atoms with E-state index in [1.54, 1.807) is 19.3 Å². The van der Waals surface area contributed by atoms with E-state index in [0.29, 0.717) is 33.8 Å². The van der Waals surface area contributed by atoms with Crippen molar-refractivity contribution in [3.05, 3.63) is 77.9 Å². The van der Waals surface area contributed by atoms with Gasteiger partial charge in [-0.3, -0.25) is 4.79 Å². The molecule has 0 saturated carbocycles. The SMILES string of the molecule is C=CC1=C(c2c(C=C)ccc(OCc3ccc(OC)cc3)c2OCOC)C(OC)(OC)C1=O. The van der Waals surface area contributed by atoms with E-state index < -0.39 is 5.79 Å². The lowest BCUT2D eigenvalue weighted by molar-refractivity contribution is -0.183. The van der Waals surface area contributed by atoms with Crippen molar-refractivity contribution in [2.75, 3.05) is 35.2 Å². The van der Waals surface area contributed by atoms with Crippen molar-refractivity contribution in [1.82, 2.24) is 0 Å². The first-order valence-corrected chi connectivity index (χ1v) is 10.2. The first-order valence-electron chi connectivity index (χ1n) is 10.2. The fourth-order valence-corrected chi connectivity index (χ4v) is 3.75. The summed E-state index contributed by atoms with van der Waals surface area (Å²) in [6.45, 7) is 7.93. The van der Waals surface area contributed by atoms with Crippen molar-refractivity contribution in [2.24, 2.45) is 0 Å². The second-order valence-corrected chi connectivity index (χ2v) is 7.10. The van der Waals surface area contributed by atoms with E-state index in [9.17, 15) is 4.79 Å². The van der Waals surface area contributed by atoms with Crippen LogP contribution in [0.2, 0.25) is 0 Å². The van der Waals surface area contributed by atoms with Gasteiger partial charge in [0.15, 0.2) is 18.3 Å². The zero-order chi connectivity index (χ0) is 24.0. The van der Waals surface area contributed by atoms with Gasteiger partial charge >= 0.3 is 0 Å². The molecule has 0 unspecified atom stereocenters. The van der Waals surface area contributed by atoms with Crippen LogP contribution in [-0.4, -0.2) is 46.8 Å². The predicted molar refractivity (Wildman–Crippen MR) is 125 cm³/mol. The van der Waals surface area contributed by atoms with Crippen molar-refractivity contribution in [2.45, 2.75) is 12.4 Å². The zero-order valence-electron chi connectivity index (χ0n) is 19.3.